The Morgan fingerprint density at radius 3 is 2.33 bits per heavy atom. The molecule has 0 atom stereocenters. The van der Waals surface area contributed by atoms with E-state index < -0.39 is 4.92 Å². The van der Waals surface area contributed by atoms with Gasteiger partial charge in [0, 0.05) is 30.9 Å². The van der Waals surface area contributed by atoms with Gasteiger partial charge in [-0.2, -0.15) is 10.4 Å². The zero-order chi connectivity index (χ0) is 17.5. The minimum Gasteiger partial charge on any atom is -0.372 e. The number of nitro benzene ring substituents is 1. The van der Waals surface area contributed by atoms with Crippen LogP contribution in [-0.2, 0) is 0 Å². The Kier molecular flexibility index (Phi) is 5.58. The molecule has 0 aliphatic heterocycles. The number of hydrogen-bond acceptors (Lipinski definition) is 6. The smallest absolute Gasteiger partial charge is 0.270 e. The summed E-state index contributed by atoms with van der Waals surface area (Å²) in [5.41, 5.74) is 2.03. The number of nitrogens with zero attached hydrogens (tertiary/aromatic N) is 5. The molecule has 0 unspecified atom stereocenters. The molecule has 24 heavy (non-hydrogen) atoms. The zero-order valence-corrected chi connectivity index (χ0v) is 13.5. The van der Waals surface area contributed by atoms with Gasteiger partial charge in [0.05, 0.1) is 16.2 Å². The highest BCUT2D eigenvalue weighted by atomic mass is 16.6. The number of anilines is 1. The highest BCUT2D eigenvalue weighted by Crippen LogP contribution is 2.26. The van der Waals surface area contributed by atoms with Gasteiger partial charge in [-0.25, -0.2) is 0 Å². The molecule has 7 heteroatoms. The third-order valence-corrected chi connectivity index (χ3v) is 3.56. The summed E-state index contributed by atoms with van der Waals surface area (Å²) in [4.78, 5) is 12.4. The van der Waals surface area contributed by atoms with Crippen LogP contribution in [0, 0.1) is 21.4 Å². The molecule has 0 aliphatic rings. The van der Waals surface area contributed by atoms with Crippen LogP contribution >= 0.6 is 0 Å². The number of nitriles is 1. The Bertz CT molecular complexity index is 790. The zero-order valence-electron chi connectivity index (χ0n) is 13.5. The maximum absolute atomic E-state index is 10.7. The third-order valence-electron chi connectivity index (χ3n) is 3.56. The first-order valence-corrected chi connectivity index (χ1v) is 7.54. The summed E-state index contributed by atoms with van der Waals surface area (Å²) < 4.78 is 0. The molecule has 0 N–H and O–H groups in total. The highest BCUT2D eigenvalue weighted by Gasteiger charge is 2.10. The van der Waals surface area contributed by atoms with Crippen LogP contribution < -0.4 is 4.90 Å². The lowest BCUT2D eigenvalue weighted by atomic mass is 10.2. The summed E-state index contributed by atoms with van der Waals surface area (Å²) in [6.07, 6.45) is 0. The summed E-state index contributed by atoms with van der Waals surface area (Å²) in [6.45, 7) is 6.03. The minimum absolute atomic E-state index is 0.118. The van der Waals surface area contributed by atoms with Gasteiger partial charge in [0.2, 0.25) is 0 Å². The van der Waals surface area contributed by atoms with E-state index in [2.05, 4.69) is 29.0 Å². The van der Waals surface area contributed by atoms with E-state index in [4.69, 9.17) is 5.26 Å². The predicted molar refractivity (Wildman–Crippen MR) is 92.0 cm³/mol. The van der Waals surface area contributed by atoms with Gasteiger partial charge in [-0.15, -0.1) is 5.11 Å². The van der Waals surface area contributed by atoms with Crippen LogP contribution in [0.2, 0.25) is 0 Å². The Labute approximate surface area is 140 Å². The first-order valence-electron chi connectivity index (χ1n) is 7.54. The molecule has 2 rings (SSSR count). The average molecular weight is 323 g/mol. The number of azo groups is 1. The van der Waals surface area contributed by atoms with Crippen molar-refractivity contribution < 1.29 is 4.92 Å². The van der Waals surface area contributed by atoms with Crippen LogP contribution in [-0.4, -0.2) is 18.0 Å². The van der Waals surface area contributed by atoms with Crippen molar-refractivity contribution in [1.29, 1.82) is 5.26 Å². The van der Waals surface area contributed by atoms with Gasteiger partial charge in [-0.3, -0.25) is 10.1 Å². The van der Waals surface area contributed by atoms with Crippen LogP contribution in [0.25, 0.3) is 0 Å². The fraction of sp³-hybridized carbons (Fsp3) is 0.235. The first-order chi connectivity index (χ1) is 11.6. The molecule has 0 bridgehead atoms. The Morgan fingerprint density at radius 1 is 1.12 bits per heavy atom. The van der Waals surface area contributed by atoms with E-state index in [1.165, 1.54) is 18.2 Å². The maximum atomic E-state index is 10.7. The van der Waals surface area contributed by atoms with Crippen molar-refractivity contribution in [3.63, 3.8) is 0 Å². The largest absolute Gasteiger partial charge is 0.372 e. The number of hydrogen-bond donors (Lipinski definition) is 0. The summed E-state index contributed by atoms with van der Waals surface area (Å²) in [6, 6.07) is 13.4. The fourth-order valence-electron chi connectivity index (χ4n) is 2.24. The Balaban J connectivity index is 2.22. The highest BCUT2D eigenvalue weighted by molar-refractivity contribution is 5.58. The quantitative estimate of drug-likeness (QED) is 0.436. The molecule has 0 aliphatic carbocycles. The molecular formula is C17H17N5O2. The second kappa shape index (κ2) is 7.83. The SMILES string of the molecule is CCN(CC)c1ccc(N=Nc2ccc([N+](=O)[O-])cc2C#N)cc1. The van der Waals surface area contributed by atoms with E-state index in [1.807, 2.05) is 30.3 Å². The Hall–Kier alpha value is -3.27. The molecule has 7 nitrogen and oxygen atoms in total. The molecule has 122 valence electrons. The van der Waals surface area contributed by atoms with Gasteiger partial charge in [0.15, 0.2) is 0 Å². The number of non-ortho nitro benzene ring substituents is 1. The van der Waals surface area contributed by atoms with E-state index in [1.54, 1.807) is 0 Å². The molecule has 0 radical (unpaired) electrons. The molecular weight excluding hydrogens is 306 g/mol. The maximum Gasteiger partial charge on any atom is 0.270 e. The summed E-state index contributed by atoms with van der Waals surface area (Å²) in [5, 5.41) is 28.0. The van der Waals surface area contributed by atoms with Crippen LogP contribution in [0.3, 0.4) is 0 Å². The average Bonchev–Trinajstić information content (AvgIpc) is 2.61. The van der Waals surface area contributed by atoms with Crippen molar-refractivity contribution in [3.05, 3.63) is 58.1 Å². The van der Waals surface area contributed by atoms with E-state index in [-0.39, 0.29) is 11.3 Å². The van der Waals surface area contributed by atoms with E-state index in [0.717, 1.165) is 18.8 Å². The first kappa shape index (κ1) is 17.1. The molecule has 0 spiro atoms. The van der Waals surface area contributed by atoms with E-state index >= 15 is 0 Å². The molecule has 2 aromatic rings. The molecule has 2 aromatic carbocycles. The molecule has 0 fully saturated rings. The van der Waals surface area contributed by atoms with Crippen LogP contribution in [0.15, 0.2) is 52.7 Å². The predicted octanol–water partition coefficient (Wildman–Crippen LogP) is 4.73. The third kappa shape index (κ3) is 3.93. The van der Waals surface area contributed by atoms with Crippen molar-refractivity contribution >= 4 is 22.7 Å². The standard InChI is InChI=1S/C17H17N5O2/c1-3-21(4-2)15-7-5-14(6-8-15)19-20-17-10-9-16(22(23)24)11-13(17)12-18/h5-11H,3-4H2,1-2H3. The molecule has 0 heterocycles. The van der Waals surface area contributed by atoms with Crippen LogP contribution in [0.1, 0.15) is 19.4 Å². The topological polar surface area (TPSA) is 94.9 Å². The Morgan fingerprint density at radius 2 is 1.79 bits per heavy atom. The van der Waals surface area contributed by atoms with Crippen LogP contribution in [0.5, 0.6) is 0 Å². The van der Waals surface area contributed by atoms with Crippen molar-refractivity contribution in [1.82, 2.24) is 0 Å². The van der Waals surface area contributed by atoms with Crippen molar-refractivity contribution in [2.24, 2.45) is 10.2 Å². The molecule has 0 saturated carbocycles. The van der Waals surface area contributed by atoms with Gasteiger partial charge >= 0.3 is 0 Å². The second-order valence-corrected chi connectivity index (χ2v) is 4.96. The minimum atomic E-state index is -0.548. The van der Waals surface area contributed by atoms with Gasteiger partial charge in [0.1, 0.15) is 11.8 Å². The fourth-order valence-corrected chi connectivity index (χ4v) is 2.24. The van der Waals surface area contributed by atoms with Crippen molar-refractivity contribution in [2.45, 2.75) is 13.8 Å². The summed E-state index contributed by atoms with van der Waals surface area (Å²) >= 11 is 0. The molecule has 0 amide bonds. The lowest BCUT2D eigenvalue weighted by Gasteiger charge is -2.20. The lowest BCUT2D eigenvalue weighted by Crippen LogP contribution is -2.21. The van der Waals surface area contributed by atoms with E-state index in [0.29, 0.717) is 11.4 Å². The number of benzene rings is 2. The molecule has 0 aromatic heterocycles. The van der Waals surface area contributed by atoms with Gasteiger partial charge in [0.25, 0.3) is 5.69 Å². The van der Waals surface area contributed by atoms with Crippen molar-refractivity contribution in [2.75, 3.05) is 18.0 Å². The van der Waals surface area contributed by atoms with Gasteiger partial charge in [-0.05, 0) is 44.2 Å². The van der Waals surface area contributed by atoms with Crippen LogP contribution in [0.4, 0.5) is 22.7 Å². The number of nitro groups is 1. The normalized spacial score (nSPS) is 10.5. The van der Waals surface area contributed by atoms with Gasteiger partial charge in [-0.1, -0.05) is 0 Å². The summed E-state index contributed by atoms with van der Waals surface area (Å²) in [5.74, 6) is 0. The lowest BCUT2D eigenvalue weighted by molar-refractivity contribution is -0.384. The monoisotopic (exact) mass is 323 g/mol. The number of rotatable bonds is 6. The van der Waals surface area contributed by atoms with Gasteiger partial charge < -0.3 is 4.90 Å². The van der Waals surface area contributed by atoms with Crippen molar-refractivity contribution in [3.8, 4) is 6.07 Å². The van der Waals surface area contributed by atoms with E-state index in [9.17, 15) is 10.1 Å². The second-order valence-electron chi connectivity index (χ2n) is 4.96. The summed E-state index contributed by atoms with van der Waals surface area (Å²) in [7, 11) is 0. The molecule has 0 saturated heterocycles.